The van der Waals surface area contributed by atoms with Gasteiger partial charge in [0.05, 0.1) is 5.56 Å². The number of hydrogen-bond acceptors (Lipinski definition) is 2. The van der Waals surface area contributed by atoms with E-state index in [-0.39, 0.29) is 23.9 Å². The number of halogens is 2. The van der Waals surface area contributed by atoms with Crippen LogP contribution in [0.25, 0.3) is 11.1 Å². The second-order valence-corrected chi connectivity index (χ2v) is 6.96. The third kappa shape index (κ3) is 4.25. The number of nitrogens with zero attached hydrogens (tertiary/aromatic N) is 1. The smallest absolute Gasteiger partial charge is 0.256 e. The van der Waals surface area contributed by atoms with Crippen molar-refractivity contribution in [3.05, 3.63) is 58.9 Å². The molecule has 1 aliphatic heterocycles. The molecule has 0 radical (unpaired) electrons. The highest BCUT2D eigenvalue weighted by Crippen LogP contribution is 2.26. The molecule has 5 heteroatoms. The molecule has 1 heterocycles. The summed E-state index contributed by atoms with van der Waals surface area (Å²) < 4.78 is 14.6. The lowest BCUT2D eigenvalue weighted by Crippen LogP contribution is -2.30. The van der Waals surface area contributed by atoms with Gasteiger partial charge in [-0.2, -0.15) is 0 Å². The fourth-order valence-electron chi connectivity index (χ4n) is 3.43. The molecule has 1 atom stereocenters. The highest BCUT2D eigenvalue weighted by atomic mass is 35.5. The van der Waals surface area contributed by atoms with E-state index < -0.39 is 5.82 Å². The molecule has 0 bridgehead atoms. The number of benzene rings is 2. The van der Waals surface area contributed by atoms with Gasteiger partial charge in [0.15, 0.2) is 0 Å². The minimum atomic E-state index is -0.446. The van der Waals surface area contributed by atoms with E-state index in [1.54, 1.807) is 11.0 Å². The molecule has 0 saturated carbocycles. The van der Waals surface area contributed by atoms with Crippen LogP contribution in [0.2, 0.25) is 0 Å². The molecule has 1 amide bonds. The van der Waals surface area contributed by atoms with Crippen molar-refractivity contribution in [1.82, 2.24) is 10.2 Å². The fourth-order valence-corrected chi connectivity index (χ4v) is 3.43. The van der Waals surface area contributed by atoms with E-state index in [1.807, 2.05) is 32.2 Å². The maximum Gasteiger partial charge on any atom is 0.256 e. The van der Waals surface area contributed by atoms with Crippen LogP contribution >= 0.6 is 12.4 Å². The van der Waals surface area contributed by atoms with Crippen LogP contribution in [-0.2, 0) is 0 Å². The number of nitrogens with one attached hydrogen (secondary N) is 1. The van der Waals surface area contributed by atoms with Gasteiger partial charge in [0, 0.05) is 13.1 Å². The molecule has 0 aliphatic carbocycles. The van der Waals surface area contributed by atoms with Gasteiger partial charge in [-0.25, -0.2) is 4.39 Å². The van der Waals surface area contributed by atoms with Crippen LogP contribution < -0.4 is 5.32 Å². The van der Waals surface area contributed by atoms with Gasteiger partial charge in [-0.3, -0.25) is 4.79 Å². The third-order valence-electron chi connectivity index (χ3n) is 5.11. The molecule has 1 N–H and O–H groups in total. The van der Waals surface area contributed by atoms with Crippen molar-refractivity contribution in [2.24, 2.45) is 5.92 Å². The van der Waals surface area contributed by atoms with Crippen LogP contribution in [0.15, 0.2) is 36.4 Å². The van der Waals surface area contributed by atoms with Crippen LogP contribution in [0.5, 0.6) is 0 Å². The summed E-state index contributed by atoms with van der Waals surface area (Å²) in [4.78, 5) is 14.4. The highest BCUT2D eigenvalue weighted by Gasteiger charge is 2.28. The van der Waals surface area contributed by atoms with E-state index in [4.69, 9.17) is 0 Å². The Balaban J connectivity index is 0.00000243. The summed E-state index contributed by atoms with van der Waals surface area (Å²) in [5.74, 6) is -0.202. The molecule has 26 heavy (non-hydrogen) atoms. The number of amides is 1. The Bertz CT molecular complexity index is 794. The van der Waals surface area contributed by atoms with E-state index in [2.05, 4.69) is 18.3 Å². The molecule has 1 aliphatic rings. The summed E-state index contributed by atoms with van der Waals surface area (Å²) in [7, 11) is 1.91. The fraction of sp³-hybridized carbons (Fsp3) is 0.381. The van der Waals surface area contributed by atoms with E-state index in [0.717, 1.165) is 24.1 Å². The first-order chi connectivity index (χ1) is 12.0. The van der Waals surface area contributed by atoms with Gasteiger partial charge in [-0.15, -0.1) is 12.4 Å². The topological polar surface area (TPSA) is 32.3 Å². The van der Waals surface area contributed by atoms with Gasteiger partial charge in [-0.05, 0) is 74.2 Å². The Labute approximate surface area is 161 Å². The Morgan fingerprint density at radius 2 is 1.85 bits per heavy atom. The van der Waals surface area contributed by atoms with Crippen molar-refractivity contribution < 1.29 is 9.18 Å². The first-order valence-electron chi connectivity index (χ1n) is 8.80. The molecule has 1 saturated heterocycles. The first-order valence-corrected chi connectivity index (χ1v) is 8.80. The zero-order chi connectivity index (χ0) is 18.0. The Hall–Kier alpha value is -1.91. The predicted octanol–water partition coefficient (Wildman–Crippen LogP) is 4.21. The SMILES string of the molecule is CNCC1CCN(C(=O)c2ccc(-c3ccc(C)c(C)c3)cc2F)C1.Cl. The summed E-state index contributed by atoms with van der Waals surface area (Å²) in [6.45, 7) is 6.38. The second-order valence-electron chi connectivity index (χ2n) is 6.96. The summed E-state index contributed by atoms with van der Waals surface area (Å²) in [5.41, 5.74) is 4.31. The molecular weight excluding hydrogens is 351 g/mol. The molecule has 1 unspecified atom stereocenters. The maximum atomic E-state index is 14.6. The molecule has 0 spiro atoms. The molecule has 140 valence electrons. The zero-order valence-electron chi connectivity index (χ0n) is 15.5. The zero-order valence-corrected chi connectivity index (χ0v) is 16.3. The van der Waals surface area contributed by atoms with Crippen LogP contribution in [0.1, 0.15) is 27.9 Å². The minimum absolute atomic E-state index is 0. The average molecular weight is 377 g/mol. The van der Waals surface area contributed by atoms with Gasteiger partial charge < -0.3 is 10.2 Å². The molecule has 2 aromatic rings. The van der Waals surface area contributed by atoms with Gasteiger partial charge in [-0.1, -0.05) is 24.3 Å². The number of aryl methyl sites for hydroxylation is 2. The van der Waals surface area contributed by atoms with Gasteiger partial charge in [0.2, 0.25) is 0 Å². The standard InChI is InChI=1S/C21H25FN2O.ClH/c1-14-4-5-17(10-15(14)2)18-6-7-19(20(22)11-18)21(25)24-9-8-16(13-24)12-23-3;/h4-7,10-11,16,23H,8-9,12-13H2,1-3H3;1H. The minimum Gasteiger partial charge on any atom is -0.338 e. The van der Waals surface area contributed by atoms with Crippen molar-refractivity contribution >= 4 is 18.3 Å². The summed E-state index contributed by atoms with van der Waals surface area (Å²) in [6, 6.07) is 11.0. The Morgan fingerprint density at radius 1 is 1.15 bits per heavy atom. The number of likely N-dealkylation sites (tertiary alicyclic amines) is 1. The van der Waals surface area contributed by atoms with Crippen molar-refractivity contribution in [2.45, 2.75) is 20.3 Å². The lowest BCUT2D eigenvalue weighted by Gasteiger charge is -2.17. The molecule has 3 nitrogen and oxygen atoms in total. The lowest BCUT2D eigenvalue weighted by atomic mass is 9.99. The monoisotopic (exact) mass is 376 g/mol. The highest BCUT2D eigenvalue weighted by molar-refractivity contribution is 5.95. The molecule has 3 rings (SSSR count). The van der Waals surface area contributed by atoms with E-state index >= 15 is 0 Å². The van der Waals surface area contributed by atoms with Gasteiger partial charge in [0.1, 0.15) is 5.82 Å². The number of rotatable bonds is 4. The van der Waals surface area contributed by atoms with E-state index in [9.17, 15) is 9.18 Å². The van der Waals surface area contributed by atoms with Gasteiger partial charge in [0.25, 0.3) is 5.91 Å². The van der Waals surface area contributed by atoms with Crippen LogP contribution in [0.4, 0.5) is 4.39 Å². The Kier molecular flexibility index (Phi) is 6.79. The Morgan fingerprint density at radius 3 is 2.50 bits per heavy atom. The third-order valence-corrected chi connectivity index (χ3v) is 5.11. The van der Waals surface area contributed by atoms with Gasteiger partial charge >= 0.3 is 0 Å². The molecular formula is C21H26ClFN2O. The predicted molar refractivity (Wildman–Crippen MR) is 106 cm³/mol. The second kappa shape index (κ2) is 8.65. The average Bonchev–Trinajstić information content (AvgIpc) is 3.06. The maximum absolute atomic E-state index is 14.6. The van der Waals surface area contributed by atoms with Crippen LogP contribution in [0, 0.1) is 25.6 Å². The van der Waals surface area contributed by atoms with Crippen molar-refractivity contribution in [2.75, 3.05) is 26.7 Å². The molecule has 0 aromatic heterocycles. The van der Waals surface area contributed by atoms with E-state index in [0.29, 0.717) is 19.0 Å². The normalized spacial score (nSPS) is 16.5. The van der Waals surface area contributed by atoms with Crippen LogP contribution in [0.3, 0.4) is 0 Å². The number of carbonyl (C=O) groups excluding carboxylic acids is 1. The van der Waals surface area contributed by atoms with Crippen molar-refractivity contribution in [3.63, 3.8) is 0 Å². The summed E-state index contributed by atoms with van der Waals surface area (Å²) in [5, 5.41) is 3.14. The van der Waals surface area contributed by atoms with Crippen molar-refractivity contribution in [3.8, 4) is 11.1 Å². The van der Waals surface area contributed by atoms with E-state index in [1.165, 1.54) is 17.2 Å². The summed E-state index contributed by atoms with van der Waals surface area (Å²) in [6.07, 6.45) is 0.967. The largest absolute Gasteiger partial charge is 0.338 e. The molecule has 1 fully saturated rings. The van der Waals surface area contributed by atoms with Crippen molar-refractivity contribution in [1.29, 1.82) is 0 Å². The quantitative estimate of drug-likeness (QED) is 0.866. The lowest BCUT2D eigenvalue weighted by molar-refractivity contribution is 0.0782. The summed E-state index contributed by atoms with van der Waals surface area (Å²) >= 11 is 0. The molecule has 2 aromatic carbocycles. The number of hydrogen-bond donors (Lipinski definition) is 1. The van der Waals surface area contributed by atoms with Crippen LogP contribution in [-0.4, -0.2) is 37.5 Å². The number of carbonyl (C=O) groups is 1. The first kappa shape index (κ1) is 20.4.